The Morgan fingerprint density at radius 3 is 2.38 bits per heavy atom. The third-order valence-corrected chi connectivity index (χ3v) is 6.41. The number of anilines is 1. The van der Waals surface area contributed by atoms with E-state index in [9.17, 15) is 12.8 Å². The number of halogens is 1. The van der Waals surface area contributed by atoms with Crippen LogP contribution in [0.15, 0.2) is 47.4 Å². The molecule has 0 spiro atoms. The maximum Gasteiger partial charge on any atom is 0.243 e. The van der Waals surface area contributed by atoms with Crippen LogP contribution in [0.1, 0.15) is 12.5 Å². The van der Waals surface area contributed by atoms with Crippen LogP contribution in [0.3, 0.4) is 0 Å². The maximum absolute atomic E-state index is 13.9. The standard InChI is InChI=1S/C19H23FN2O3S/c1-3-25-19-9-8-16(14-15(19)2)26(23,24)22-12-10-21(11-13-22)18-7-5-4-6-17(18)20/h4-9,14H,3,10-13H2,1-2H3. The molecule has 1 aliphatic heterocycles. The largest absolute Gasteiger partial charge is 0.494 e. The van der Waals surface area contributed by atoms with E-state index in [0.29, 0.717) is 44.2 Å². The summed E-state index contributed by atoms with van der Waals surface area (Å²) in [5.41, 5.74) is 1.30. The summed E-state index contributed by atoms with van der Waals surface area (Å²) in [7, 11) is -3.57. The lowest BCUT2D eigenvalue weighted by atomic mass is 10.2. The van der Waals surface area contributed by atoms with Gasteiger partial charge in [-0.05, 0) is 49.7 Å². The lowest BCUT2D eigenvalue weighted by molar-refractivity contribution is 0.337. The van der Waals surface area contributed by atoms with Crippen LogP contribution in [-0.4, -0.2) is 45.5 Å². The van der Waals surface area contributed by atoms with Crippen molar-refractivity contribution >= 4 is 15.7 Å². The maximum atomic E-state index is 13.9. The van der Waals surface area contributed by atoms with Crippen molar-refractivity contribution < 1.29 is 17.5 Å². The molecule has 0 aromatic heterocycles. The van der Waals surface area contributed by atoms with Crippen LogP contribution in [0.2, 0.25) is 0 Å². The van der Waals surface area contributed by atoms with Gasteiger partial charge in [0.15, 0.2) is 0 Å². The van der Waals surface area contributed by atoms with Crippen molar-refractivity contribution in [3.05, 3.63) is 53.8 Å². The SMILES string of the molecule is CCOc1ccc(S(=O)(=O)N2CCN(c3ccccc3F)CC2)cc1C. The van der Waals surface area contributed by atoms with Gasteiger partial charge in [0.05, 0.1) is 17.2 Å². The van der Waals surface area contributed by atoms with Gasteiger partial charge >= 0.3 is 0 Å². The third kappa shape index (κ3) is 3.68. The van der Waals surface area contributed by atoms with Crippen LogP contribution in [0.4, 0.5) is 10.1 Å². The number of ether oxygens (including phenoxy) is 1. The predicted octanol–water partition coefficient (Wildman–Crippen LogP) is 3.04. The molecule has 2 aromatic carbocycles. The van der Waals surface area contributed by atoms with Gasteiger partial charge in [0.1, 0.15) is 11.6 Å². The van der Waals surface area contributed by atoms with Gasteiger partial charge in [-0.25, -0.2) is 12.8 Å². The number of aryl methyl sites for hydroxylation is 1. The van der Waals surface area contributed by atoms with Crippen molar-refractivity contribution in [3.63, 3.8) is 0 Å². The lowest BCUT2D eigenvalue weighted by Gasteiger charge is -2.35. The second-order valence-electron chi connectivity index (χ2n) is 6.20. The van der Waals surface area contributed by atoms with Crippen molar-refractivity contribution in [3.8, 4) is 5.75 Å². The van der Waals surface area contributed by atoms with Crippen LogP contribution >= 0.6 is 0 Å². The molecule has 0 amide bonds. The first kappa shape index (κ1) is 18.7. The summed E-state index contributed by atoms with van der Waals surface area (Å²) in [4.78, 5) is 2.14. The van der Waals surface area contributed by atoms with Crippen molar-refractivity contribution in [2.45, 2.75) is 18.7 Å². The van der Waals surface area contributed by atoms with Gasteiger partial charge in [-0.2, -0.15) is 4.31 Å². The van der Waals surface area contributed by atoms with Gasteiger partial charge in [0.2, 0.25) is 10.0 Å². The van der Waals surface area contributed by atoms with E-state index in [4.69, 9.17) is 4.74 Å². The van der Waals surface area contributed by atoms with Crippen LogP contribution in [0, 0.1) is 12.7 Å². The molecule has 7 heteroatoms. The lowest BCUT2D eigenvalue weighted by Crippen LogP contribution is -2.48. The topological polar surface area (TPSA) is 49.9 Å². The molecule has 0 unspecified atom stereocenters. The minimum absolute atomic E-state index is 0.262. The molecular weight excluding hydrogens is 355 g/mol. The van der Waals surface area contributed by atoms with Gasteiger partial charge < -0.3 is 9.64 Å². The number of piperazine rings is 1. The Labute approximate surface area is 154 Å². The fraction of sp³-hybridized carbons (Fsp3) is 0.368. The van der Waals surface area contributed by atoms with E-state index >= 15 is 0 Å². The molecule has 0 N–H and O–H groups in total. The van der Waals surface area contributed by atoms with Crippen molar-refractivity contribution in [1.82, 2.24) is 4.31 Å². The number of benzene rings is 2. The molecule has 140 valence electrons. The van der Waals surface area contributed by atoms with E-state index in [1.165, 1.54) is 10.4 Å². The normalized spacial score (nSPS) is 15.9. The molecule has 0 atom stereocenters. The van der Waals surface area contributed by atoms with E-state index in [1.807, 2.05) is 18.7 Å². The van der Waals surface area contributed by atoms with Gasteiger partial charge in [-0.1, -0.05) is 12.1 Å². The molecule has 1 fully saturated rings. The summed E-state index contributed by atoms with van der Waals surface area (Å²) in [6, 6.07) is 11.5. The Morgan fingerprint density at radius 1 is 1.08 bits per heavy atom. The highest BCUT2D eigenvalue weighted by Gasteiger charge is 2.29. The first-order chi connectivity index (χ1) is 12.4. The molecule has 1 aliphatic rings. The minimum atomic E-state index is -3.57. The van der Waals surface area contributed by atoms with Gasteiger partial charge in [-0.3, -0.25) is 0 Å². The first-order valence-electron chi connectivity index (χ1n) is 8.66. The predicted molar refractivity (Wildman–Crippen MR) is 99.7 cm³/mol. The van der Waals surface area contributed by atoms with E-state index in [-0.39, 0.29) is 10.7 Å². The minimum Gasteiger partial charge on any atom is -0.494 e. The summed E-state index contributed by atoms with van der Waals surface area (Å²) >= 11 is 0. The highest BCUT2D eigenvalue weighted by Crippen LogP contribution is 2.26. The molecule has 5 nitrogen and oxygen atoms in total. The van der Waals surface area contributed by atoms with E-state index in [1.54, 1.807) is 36.4 Å². The monoisotopic (exact) mass is 378 g/mol. The summed E-state index contributed by atoms with van der Waals surface area (Å²) < 4.78 is 46.7. The average Bonchev–Trinajstić information content (AvgIpc) is 2.64. The molecule has 0 radical (unpaired) electrons. The highest BCUT2D eigenvalue weighted by molar-refractivity contribution is 7.89. The number of hydrogen-bond donors (Lipinski definition) is 0. The van der Waals surface area contributed by atoms with Gasteiger partial charge in [-0.15, -0.1) is 0 Å². The van der Waals surface area contributed by atoms with E-state index < -0.39 is 10.0 Å². The van der Waals surface area contributed by atoms with Crippen molar-refractivity contribution in [1.29, 1.82) is 0 Å². The Morgan fingerprint density at radius 2 is 1.77 bits per heavy atom. The number of hydrogen-bond acceptors (Lipinski definition) is 4. The molecule has 0 saturated carbocycles. The van der Waals surface area contributed by atoms with Gasteiger partial charge in [0, 0.05) is 26.2 Å². The quantitative estimate of drug-likeness (QED) is 0.802. The number of rotatable bonds is 5. The molecule has 0 aliphatic carbocycles. The zero-order valence-corrected chi connectivity index (χ0v) is 15.8. The summed E-state index contributed by atoms with van der Waals surface area (Å²) in [6.45, 7) is 5.81. The number of para-hydroxylation sites is 1. The molecule has 26 heavy (non-hydrogen) atoms. The smallest absolute Gasteiger partial charge is 0.243 e. The van der Waals surface area contributed by atoms with Crippen molar-refractivity contribution in [2.75, 3.05) is 37.7 Å². The molecule has 1 heterocycles. The van der Waals surface area contributed by atoms with Gasteiger partial charge in [0.25, 0.3) is 0 Å². The Bertz CT molecular complexity index is 878. The summed E-state index contributed by atoms with van der Waals surface area (Å²) in [5.74, 6) is 0.404. The molecular formula is C19H23FN2O3S. The highest BCUT2D eigenvalue weighted by atomic mass is 32.2. The summed E-state index contributed by atoms with van der Waals surface area (Å²) in [5, 5.41) is 0. The Hall–Kier alpha value is -2.12. The van der Waals surface area contributed by atoms with Crippen molar-refractivity contribution in [2.24, 2.45) is 0 Å². The Kier molecular flexibility index (Phi) is 5.48. The molecule has 3 rings (SSSR count). The average molecular weight is 378 g/mol. The molecule has 0 bridgehead atoms. The first-order valence-corrected chi connectivity index (χ1v) is 10.1. The fourth-order valence-corrected chi connectivity index (χ4v) is 4.63. The van der Waals surface area contributed by atoms with Crippen LogP contribution in [0.5, 0.6) is 5.75 Å². The zero-order chi connectivity index (χ0) is 18.7. The third-order valence-electron chi connectivity index (χ3n) is 4.52. The van der Waals surface area contributed by atoms with Crippen LogP contribution in [-0.2, 0) is 10.0 Å². The summed E-state index contributed by atoms with van der Waals surface area (Å²) in [6.07, 6.45) is 0. The molecule has 1 saturated heterocycles. The Balaban J connectivity index is 1.74. The second-order valence-corrected chi connectivity index (χ2v) is 8.14. The van der Waals surface area contributed by atoms with E-state index in [2.05, 4.69) is 0 Å². The van der Waals surface area contributed by atoms with Crippen LogP contribution in [0.25, 0.3) is 0 Å². The zero-order valence-electron chi connectivity index (χ0n) is 15.0. The number of nitrogens with zero attached hydrogens (tertiary/aromatic N) is 2. The fourth-order valence-electron chi connectivity index (χ4n) is 3.13. The molecule has 2 aromatic rings. The number of sulfonamides is 1. The van der Waals surface area contributed by atoms with E-state index in [0.717, 1.165) is 5.56 Å². The van der Waals surface area contributed by atoms with Crippen LogP contribution < -0.4 is 9.64 Å². The second kappa shape index (κ2) is 7.63.